The summed E-state index contributed by atoms with van der Waals surface area (Å²) in [6, 6.07) is 14.6. The molecule has 0 aliphatic rings. The summed E-state index contributed by atoms with van der Waals surface area (Å²) in [6.07, 6.45) is 1.74. The van der Waals surface area contributed by atoms with Crippen LogP contribution in [0.2, 0.25) is 0 Å². The highest BCUT2D eigenvalue weighted by Crippen LogP contribution is 2.35. The fraction of sp³-hybridized carbons (Fsp3) is 0.294. The van der Waals surface area contributed by atoms with Gasteiger partial charge in [0.25, 0.3) is 0 Å². The lowest BCUT2D eigenvalue weighted by Crippen LogP contribution is -2.17. The molecule has 0 aliphatic heterocycles. The highest BCUT2D eigenvalue weighted by atomic mass is 79.9. The van der Waals surface area contributed by atoms with Crippen LogP contribution in [0.4, 0.5) is 0 Å². The molecule has 2 aromatic rings. The van der Waals surface area contributed by atoms with Crippen molar-refractivity contribution in [2.24, 2.45) is 5.73 Å². The molecule has 1 atom stereocenters. The Bertz CT molecular complexity index is 562. The smallest absolute Gasteiger partial charge is 0.147 e. The quantitative estimate of drug-likeness (QED) is 0.744. The molecule has 0 saturated carbocycles. The molecule has 4 heteroatoms. The molecule has 0 bridgehead atoms. The first-order valence-electron chi connectivity index (χ1n) is 6.96. The van der Waals surface area contributed by atoms with Crippen molar-refractivity contribution in [1.82, 2.24) is 0 Å². The average Bonchev–Trinajstić information content (AvgIpc) is 2.42. The van der Waals surface area contributed by atoms with Gasteiger partial charge in [-0.25, -0.2) is 0 Å². The second-order valence-electron chi connectivity index (χ2n) is 5.15. The van der Waals surface area contributed by atoms with Crippen LogP contribution in [0.3, 0.4) is 0 Å². The van der Waals surface area contributed by atoms with Crippen molar-refractivity contribution in [3.8, 4) is 5.75 Å². The van der Waals surface area contributed by atoms with Gasteiger partial charge in [0.15, 0.2) is 0 Å². The molecular weight excluding hydrogens is 394 g/mol. The van der Waals surface area contributed by atoms with Crippen LogP contribution in [0, 0.1) is 0 Å². The molecular formula is C17H19Br2NO. The monoisotopic (exact) mass is 411 g/mol. The lowest BCUT2D eigenvalue weighted by atomic mass is 10.1. The highest BCUT2D eigenvalue weighted by molar-refractivity contribution is 9.11. The molecule has 2 aromatic carbocycles. The summed E-state index contributed by atoms with van der Waals surface area (Å²) >= 11 is 7.16. The van der Waals surface area contributed by atoms with Crippen molar-refractivity contribution < 1.29 is 4.74 Å². The van der Waals surface area contributed by atoms with Gasteiger partial charge in [-0.05, 0) is 68.5 Å². The summed E-state index contributed by atoms with van der Waals surface area (Å²) in [7, 11) is 0. The van der Waals surface area contributed by atoms with Crippen molar-refractivity contribution in [3.63, 3.8) is 0 Å². The lowest BCUT2D eigenvalue weighted by Gasteiger charge is -2.13. The van der Waals surface area contributed by atoms with E-state index in [4.69, 9.17) is 10.5 Å². The minimum absolute atomic E-state index is 0.147. The number of hydrogen-bond acceptors (Lipinski definition) is 2. The summed E-state index contributed by atoms with van der Waals surface area (Å²) in [4.78, 5) is 0. The summed E-state index contributed by atoms with van der Waals surface area (Å²) in [5, 5.41) is 0. The Kier molecular flexibility index (Phi) is 6.27. The lowest BCUT2D eigenvalue weighted by molar-refractivity contribution is 0.318. The van der Waals surface area contributed by atoms with E-state index in [0.29, 0.717) is 6.61 Å². The minimum Gasteiger partial charge on any atom is -0.491 e. The van der Waals surface area contributed by atoms with E-state index in [-0.39, 0.29) is 6.04 Å². The second-order valence-corrected chi connectivity index (χ2v) is 6.86. The molecule has 0 fully saturated rings. The first-order chi connectivity index (χ1) is 10.1. The summed E-state index contributed by atoms with van der Waals surface area (Å²) in [6.45, 7) is 2.65. The van der Waals surface area contributed by atoms with Crippen LogP contribution >= 0.6 is 31.9 Å². The van der Waals surface area contributed by atoms with Crippen molar-refractivity contribution in [2.45, 2.75) is 25.8 Å². The number of hydrogen-bond donors (Lipinski definition) is 1. The Morgan fingerprint density at radius 3 is 2.24 bits per heavy atom. The third-order valence-corrected chi connectivity index (χ3v) is 4.27. The number of nitrogens with two attached hydrogens (primary N) is 1. The van der Waals surface area contributed by atoms with Gasteiger partial charge in [-0.3, -0.25) is 0 Å². The van der Waals surface area contributed by atoms with Gasteiger partial charge >= 0.3 is 0 Å². The molecule has 0 aromatic heterocycles. The predicted molar refractivity (Wildman–Crippen MR) is 94.8 cm³/mol. The zero-order valence-electron chi connectivity index (χ0n) is 12.0. The van der Waals surface area contributed by atoms with Crippen LogP contribution in [-0.2, 0) is 12.8 Å². The van der Waals surface area contributed by atoms with E-state index < -0.39 is 0 Å². The van der Waals surface area contributed by atoms with Crippen LogP contribution in [0.1, 0.15) is 18.1 Å². The van der Waals surface area contributed by atoms with Gasteiger partial charge in [0.1, 0.15) is 5.75 Å². The molecule has 0 saturated heterocycles. The molecule has 0 radical (unpaired) electrons. The van der Waals surface area contributed by atoms with Gasteiger partial charge in [-0.15, -0.1) is 0 Å². The first kappa shape index (κ1) is 16.5. The number of benzene rings is 2. The minimum atomic E-state index is 0.147. The molecule has 2 rings (SSSR count). The maximum atomic E-state index is 5.91. The maximum Gasteiger partial charge on any atom is 0.147 e. The molecule has 2 N–H and O–H groups in total. The van der Waals surface area contributed by atoms with E-state index in [9.17, 15) is 0 Å². The topological polar surface area (TPSA) is 35.2 Å². The molecule has 21 heavy (non-hydrogen) atoms. The van der Waals surface area contributed by atoms with E-state index in [2.05, 4.69) is 56.1 Å². The number of halogens is 2. The Morgan fingerprint density at radius 1 is 1.05 bits per heavy atom. The van der Waals surface area contributed by atoms with E-state index in [0.717, 1.165) is 27.5 Å². The number of rotatable bonds is 6. The summed E-state index contributed by atoms with van der Waals surface area (Å²) < 4.78 is 7.82. The van der Waals surface area contributed by atoms with E-state index in [1.165, 1.54) is 11.1 Å². The van der Waals surface area contributed by atoms with Gasteiger partial charge in [0, 0.05) is 12.5 Å². The Balaban J connectivity index is 2.00. The zero-order valence-corrected chi connectivity index (χ0v) is 15.2. The fourth-order valence-electron chi connectivity index (χ4n) is 2.16. The normalized spacial score (nSPS) is 12.2. The Hall–Kier alpha value is -0.840. The maximum absolute atomic E-state index is 5.91. The molecule has 0 spiro atoms. The number of ether oxygens (including phenoxy) is 1. The molecule has 1 unspecified atom stereocenters. The van der Waals surface area contributed by atoms with E-state index in [1.54, 1.807) is 0 Å². The summed E-state index contributed by atoms with van der Waals surface area (Å²) in [5.74, 6) is 0.847. The first-order valence-corrected chi connectivity index (χ1v) is 8.55. The van der Waals surface area contributed by atoms with Gasteiger partial charge in [0.2, 0.25) is 0 Å². The third kappa shape index (κ3) is 5.13. The standard InChI is InChI=1S/C17H19Br2NO/c1-12(20)9-14-10-15(18)17(16(19)11-14)21-8-7-13-5-3-2-4-6-13/h2-6,10-12H,7-9,20H2,1H3. The van der Waals surface area contributed by atoms with E-state index >= 15 is 0 Å². The highest BCUT2D eigenvalue weighted by Gasteiger charge is 2.10. The molecule has 0 aliphatic carbocycles. The van der Waals surface area contributed by atoms with Crippen LogP contribution in [0.5, 0.6) is 5.75 Å². The van der Waals surface area contributed by atoms with Gasteiger partial charge in [-0.1, -0.05) is 30.3 Å². The van der Waals surface area contributed by atoms with Crippen LogP contribution in [0.25, 0.3) is 0 Å². The van der Waals surface area contributed by atoms with Crippen LogP contribution < -0.4 is 10.5 Å². The zero-order chi connectivity index (χ0) is 15.2. The Morgan fingerprint density at radius 2 is 1.67 bits per heavy atom. The second kappa shape index (κ2) is 7.97. The van der Waals surface area contributed by atoms with Gasteiger partial charge in [-0.2, -0.15) is 0 Å². The Labute approximate surface area is 143 Å². The summed E-state index contributed by atoms with van der Waals surface area (Å²) in [5.41, 5.74) is 8.32. The van der Waals surface area contributed by atoms with Crippen LogP contribution in [-0.4, -0.2) is 12.6 Å². The molecule has 2 nitrogen and oxygen atoms in total. The predicted octanol–water partition coefficient (Wildman–Crippen LogP) is 4.72. The van der Waals surface area contributed by atoms with E-state index in [1.807, 2.05) is 25.1 Å². The van der Waals surface area contributed by atoms with Crippen LogP contribution in [0.15, 0.2) is 51.4 Å². The molecule has 112 valence electrons. The fourth-order valence-corrected chi connectivity index (χ4v) is 3.67. The largest absolute Gasteiger partial charge is 0.491 e. The molecule has 0 amide bonds. The van der Waals surface area contributed by atoms with Crippen molar-refractivity contribution in [3.05, 3.63) is 62.5 Å². The van der Waals surface area contributed by atoms with Gasteiger partial charge < -0.3 is 10.5 Å². The SMILES string of the molecule is CC(N)Cc1cc(Br)c(OCCc2ccccc2)c(Br)c1. The van der Waals surface area contributed by atoms with Crippen molar-refractivity contribution >= 4 is 31.9 Å². The molecule has 0 heterocycles. The van der Waals surface area contributed by atoms with Gasteiger partial charge in [0.05, 0.1) is 15.6 Å². The van der Waals surface area contributed by atoms with Crippen molar-refractivity contribution in [2.75, 3.05) is 6.61 Å². The average molecular weight is 413 g/mol. The third-order valence-electron chi connectivity index (χ3n) is 3.10. The van der Waals surface area contributed by atoms with Crippen molar-refractivity contribution in [1.29, 1.82) is 0 Å².